The molecule has 32 heavy (non-hydrogen) atoms. The molecule has 2 N–H and O–H groups in total. The van der Waals surface area contributed by atoms with Crippen molar-refractivity contribution in [2.75, 3.05) is 5.32 Å². The third-order valence-corrected chi connectivity index (χ3v) is 4.70. The third kappa shape index (κ3) is 4.48. The summed E-state index contributed by atoms with van der Waals surface area (Å²) in [5, 5.41) is 4.12. The molecule has 0 aliphatic carbocycles. The van der Waals surface area contributed by atoms with Crippen LogP contribution in [0.1, 0.15) is 10.4 Å². The van der Waals surface area contributed by atoms with E-state index in [1.54, 1.807) is 24.3 Å². The van der Waals surface area contributed by atoms with Crippen LogP contribution >= 0.6 is 23.2 Å². The number of anilines is 1. The number of fused-ring (bicyclic) bond motifs is 1. The number of carbonyl (C=O) groups excluding carboxylic acids is 2. The second-order valence-corrected chi connectivity index (χ2v) is 7.14. The van der Waals surface area contributed by atoms with Crippen molar-refractivity contribution >= 4 is 51.9 Å². The largest absolute Gasteiger partial charge is 0.409 e. The molecule has 0 aliphatic heterocycles. The lowest BCUT2D eigenvalue weighted by molar-refractivity contribution is 0.0959. The number of imide groups is 1. The highest BCUT2D eigenvalue weighted by Gasteiger charge is 2.20. The number of hydrogen-bond donors (Lipinski definition) is 2. The number of hydrogen-bond acceptors (Lipinski definition) is 5. The maximum atomic E-state index is 13.7. The first-order chi connectivity index (χ1) is 15.3. The van der Waals surface area contributed by atoms with Crippen molar-refractivity contribution in [3.8, 4) is 11.8 Å². The molecule has 162 valence electrons. The summed E-state index contributed by atoms with van der Waals surface area (Å²) < 4.78 is 38.3. The van der Waals surface area contributed by atoms with E-state index >= 15 is 0 Å². The van der Waals surface area contributed by atoms with Crippen LogP contribution in [0.25, 0.3) is 11.1 Å². The van der Waals surface area contributed by atoms with Crippen LogP contribution in [-0.2, 0) is 0 Å². The van der Waals surface area contributed by atoms with E-state index in [9.17, 15) is 18.4 Å². The van der Waals surface area contributed by atoms with E-state index in [0.717, 1.165) is 18.2 Å². The average Bonchev–Trinajstić information content (AvgIpc) is 3.13. The second kappa shape index (κ2) is 8.81. The zero-order chi connectivity index (χ0) is 22.8. The van der Waals surface area contributed by atoms with Gasteiger partial charge in [0, 0.05) is 5.69 Å². The second-order valence-electron chi connectivity index (χ2n) is 6.32. The van der Waals surface area contributed by atoms with Gasteiger partial charge in [-0.15, -0.1) is 0 Å². The van der Waals surface area contributed by atoms with Gasteiger partial charge in [-0.3, -0.25) is 10.1 Å². The Kier molecular flexibility index (Phi) is 5.93. The van der Waals surface area contributed by atoms with Crippen molar-refractivity contribution in [1.29, 1.82) is 0 Å². The number of nitrogens with zero attached hydrogens (tertiary/aromatic N) is 1. The summed E-state index contributed by atoms with van der Waals surface area (Å²) in [6, 6.07) is 11.4. The van der Waals surface area contributed by atoms with Gasteiger partial charge in [0.25, 0.3) is 5.91 Å². The van der Waals surface area contributed by atoms with E-state index < -0.39 is 29.1 Å². The van der Waals surface area contributed by atoms with Crippen LogP contribution in [0.2, 0.25) is 10.0 Å². The molecule has 0 unspecified atom stereocenters. The van der Waals surface area contributed by atoms with Crippen molar-refractivity contribution < 1.29 is 27.5 Å². The summed E-state index contributed by atoms with van der Waals surface area (Å²) >= 11 is 12.4. The molecular weight excluding hydrogens is 467 g/mol. The zero-order valence-electron chi connectivity index (χ0n) is 15.8. The highest BCUT2D eigenvalue weighted by Crippen LogP contribution is 2.39. The highest BCUT2D eigenvalue weighted by molar-refractivity contribution is 6.37. The molecule has 4 rings (SSSR count). The molecule has 3 amide bonds. The number of rotatable bonds is 4. The number of nitrogens with one attached hydrogen (secondary N) is 2. The Morgan fingerprint density at radius 2 is 1.62 bits per heavy atom. The summed E-state index contributed by atoms with van der Waals surface area (Å²) in [5.74, 6) is -3.45. The van der Waals surface area contributed by atoms with Gasteiger partial charge < -0.3 is 14.5 Å². The van der Waals surface area contributed by atoms with Gasteiger partial charge in [0.05, 0.1) is 10.0 Å². The summed E-state index contributed by atoms with van der Waals surface area (Å²) in [5.41, 5.74) is 0.270. The molecule has 0 aliphatic rings. The molecule has 0 radical (unpaired) electrons. The Morgan fingerprint density at radius 1 is 0.969 bits per heavy atom. The number of urea groups is 1. The Labute approximate surface area is 188 Å². The fourth-order valence-corrected chi connectivity index (χ4v) is 3.32. The average molecular weight is 478 g/mol. The highest BCUT2D eigenvalue weighted by atomic mass is 35.5. The van der Waals surface area contributed by atoms with Crippen LogP contribution < -0.4 is 15.4 Å². The van der Waals surface area contributed by atoms with Gasteiger partial charge in [-0.25, -0.2) is 13.6 Å². The minimum Gasteiger partial charge on any atom is -0.409 e. The van der Waals surface area contributed by atoms with Gasteiger partial charge in [0.15, 0.2) is 11.3 Å². The lowest BCUT2D eigenvalue weighted by Gasteiger charge is -2.11. The smallest absolute Gasteiger partial charge is 0.400 e. The topological polar surface area (TPSA) is 93.5 Å². The summed E-state index contributed by atoms with van der Waals surface area (Å²) in [4.78, 5) is 28.2. The predicted molar refractivity (Wildman–Crippen MR) is 113 cm³/mol. The van der Waals surface area contributed by atoms with Gasteiger partial charge in [0.2, 0.25) is 0 Å². The van der Waals surface area contributed by atoms with Crippen LogP contribution in [0, 0.1) is 11.6 Å². The van der Waals surface area contributed by atoms with E-state index in [2.05, 4.69) is 10.3 Å². The molecule has 0 saturated heterocycles. The predicted octanol–water partition coefficient (Wildman–Crippen LogP) is 6.17. The maximum absolute atomic E-state index is 13.7. The van der Waals surface area contributed by atoms with E-state index in [-0.39, 0.29) is 27.6 Å². The minimum absolute atomic E-state index is 0.00142. The van der Waals surface area contributed by atoms with E-state index in [4.69, 9.17) is 32.4 Å². The number of amides is 3. The molecule has 3 aromatic carbocycles. The number of oxazole rings is 1. The van der Waals surface area contributed by atoms with Gasteiger partial charge in [-0.1, -0.05) is 41.4 Å². The summed E-state index contributed by atoms with van der Waals surface area (Å²) in [6.45, 7) is 0. The minimum atomic E-state index is -1.26. The molecule has 11 heteroatoms. The van der Waals surface area contributed by atoms with Crippen LogP contribution in [0.3, 0.4) is 0 Å². The first kappa shape index (κ1) is 21.5. The third-order valence-electron chi connectivity index (χ3n) is 4.14. The molecule has 0 atom stereocenters. The van der Waals surface area contributed by atoms with Crippen molar-refractivity contribution in [3.63, 3.8) is 0 Å². The quantitative estimate of drug-likeness (QED) is 0.366. The lowest BCUT2D eigenvalue weighted by Crippen LogP contribution is -2.35. The SMILES string of the molecule is O=C(NC(=O)c1c(F)cccc1F)Nc1cc(Cl)c(Oc2nc3ccccc3o2)c(Cl)c1. The molecular formula is C21H11Cl2F2N3O4. The fourth-order valence-electron chi connectivity index (χ4n) is 2.75. The van der Waals surface area contributed by atoms with E-state index in [1.807, 2.05) is 5.32 Å². The number of halogens is 4. The van der Waals surface area contributed by atoms with E-state index in [1.165, 1.54) is 12.1 Å². The van der Waals surface area contributed by atoms with Crippen LogP contribution in [0.4, 0.5) is 19.3 Å². The van der Waals surface area contributed by atoms with Gasteiger partial charge in [0.1, 0.15) is 22.7 Å². The van der Waals surface area contributed by atoms with Crippen molar-refractivity contribution in [2.45, 2.75) is 0 Å². The Bertz CT molecular complexity index is 1280. The van der Waals surface area contributed by atoms with Crippen molar-refractivity contribution in [2.24, 2.45) is 0 Å². The molecule has 1 aromatic heterocycles. The summed E-state index contributed by atoms with van der Waals surface area (Å²) in [7, 11) is 0. The first-order valence-corrected chi connectivity index (χ1v) is 9.66. The number of aromatic nitrogens is 1. The molecule has 0 saturated carbocycles. The number of para-hydroxylation sites is 2. The zero-order valence-corrected chi connectivity index (χ0v) is 17.3. The lowest BCUT2D eigenvalue weighted by atomic mass is 10.2. The molecule has 4 aromatic rings. The van der Waals surface area contributed by atoms with Gasteiger partial charge >= 0.3 is 12.1 Å². The Morgan fingerprint density at radius 3 is 2.28 bits per heavy atom. The fraction of sp³-hybridized carbons (Fsp3) is 0. The monoisotopic (exact) mass is 477 g/mol. The molecule has 0 spiro atoms. The molecule has 0 bridgehead atoms. The molecule has 0 fully saturated rings. The van der Waals surface area contributed by atoms with Crippen LogP contribution in [0.15, 0.2) is 59.0 Å². The summed E-state index contributed by atoms with van der Waals surface area (Å²) in [6.07, 6.45) is -0.0917. The standard InChI is InChI=1S/C21H11Cl2F2N3O4/c22-11-8-10(26-20(30)28-19(29)17-13(24)4-3-5-14(17)25)9-12(23)18(11)32-21-27-15-6-1-2-7-16(15)31-21/h1-9H,(H2,26,28,29,30). The van der Waals surface area contributed by atoms with Crippen LogP contribution in [0.5, 0.6) is 11.8 Å². The molecule has 1 heterocycles. The van der Waals surface area contributed by atoms with Gasteiger partial charge in [-0.05, 0) is 36.4 Å². The normalized spacial score (nSPS) is 10.8. The van der Waals surface area contributed by atoms with Crippen molar-refractivity contribution in [1.82, 2.24) is 10.3 Å². The maximum Gasteiger partial charge on any atom is 0.400 e. The number of benzene rings is 3. The number of carbonyl (C=O) groups is 2. The van der Waals surface area contributed by atoms with Crippen molar-refractivity contribution in [3.05, 3.63) is 81.8 Å². The molecule has 7 nitrogen and oxygen atoms in total. The van der Waals surface area contributed by atoms with Gasteiger partial charge in [-0.2, -0.15) is 4.98 Å². The van der Waals surface area contributed by atoms with Crippen LogP contribution in [-0.4, -0.2) is 16.9 Å². The first-order valence-electron chi connectivity index (χ1n) is 8.90. The Hall–Kier alpha value is -3.69. The Balaban J connectivity index is 1.48. The van der Waals surface area contributed by atoms with E-state index in [0.29, 0.717) is 11.1 Å². The number of ether oxygens (including phenoxy) is 1.